The summed E-state index contributed by atoms with van der Waals surface area (Å²) in [5.74, 6) is 0.429. The number of aromatic nitrogens is 1. The largest absolute Gasteiger partial charge is 0.477 e. The summed E-state index contributed by atoms with van der Waals surface area (Å²) < 4.78 is 5.42. The molecule has 0 saturated carbocycles. The minimum absolute atomic E-state index is 0.429. The molecule has 0 amide bonds. The molecule has 1 aromatic rings. The number of ether oxygens (including phenoxy) is 1. The van der Waals surface area contributed by atoms with E-state index in [1.165, 1.54) is 0 Å². The molecule has 0 atom stereocenters. The van der Waals surface area contributed by atoms with E-state index in [9.17, 15) is 0 Å². The lowest BCUT2D eigenvalue weighted by molar-refractivity contribution is 0.272. The Hall–Kier alpha value is -1.60. The highest BCUT2D eigenvalue weighted by atomic mass is 16.5. The molecule has 4 nitrogen and oxygen atoms in total. The average molecular weight is 205 g/mol. The van der Waals surface area contributed by atoms with Crippen molar-refractivity contribution in [3.63, 3.8) is 0 Å². The Morgan fingerprint density at radius 3 is 3.00 bits per heavy atom. The summed E-state index contributed by atoms with van der Waals surface area (Å²) in [5.41, 5.74) is 0.488. The van der Waals surface area contributed by atoms with Crippen LogP contribution in [0.2, 0.25) is 0 Å². The van der Waals surface area contributed by atoms with E-state index in [1.54, 1.807) is 18.3 Å². The topological polar surface area (TPSA) is 49.1 Å². The van der Waals surface area contributed by atoms with E-state index in [2.05, 4.69) is 9.88 Å². The van der Waals surface area contributed by atoms with Crippen molar-refractivity contribution < 1.29 is 4.74 Å². The average Bonchev–Trinajstić information content (AvgIpc) is 2.24. The smallest absolute Gasteiger partial charge is 0.231 e. The van der Waals surface area contributed by atoms with Crippen LogP contribution < -0.4 is 4.74 Å². The first-order valence-corrected chi connectivity index (χ1v) is 4.86. The van der Waals surface area contributed by atoms with Crippen LogP contribution in [0.25, 0.3) is 0 Å². The maximum absolute atomic E-state index is 8.78. The van der Waals surface area contributed by atoms with Crippen LogP contribution in [-0.2, 0) is 0 Å². The molecule has 0 bridgehead atoms. The van der Waals surface area contributed by atoms with Gasteiger partial charge >= 0.3 is 0 Å². The molecule has 4 heteroatoms. The Labute approximate surface area is 90.1 Å². The van der Waals surface area contributed by atoms with Crippen LogP contribution in [0.3, 0.4) is 0 Å². The van der Waals surface area contributed by atoms with E-state index in [4.69, 9.17) is 10.00 Å². The molecule has 1 aromatic heterocycles. The molecule has 0 spiro atoms. The van der Waals surface area contributed by atoms with Crippen molar-refractivity contribution in [2.45, 2.75) is 6.42 Å². The number of pyridine rings is 1. The Balaban J connectivity index is 2.41. The SMILES string of the molecule is CN(C)CCCOc1ncccc1C#N. The molecule has 0 aromatic carbocycles. The van der Waals surface area contributed by atoms with E-state index in [-0.39, 0.29) is 0 Å². The second-order valence-electron chi connectivity index (χ2n) is 3.47. The second-order valence-corrected chi connectivity index (χ2v) is 3.47. The Kier molecular flexibility index (Phi) is 4.58. The van der Waals surface area contributed by atoms with Crippen molar-refractivity contribution in [3.8, 4) is 11.9 Å². The molecule has 0 radical (unpaired) electrons. The number of nitrogens with zero attached hydrogens (tertiary/aromatic N) is 3. The zero-order valence-electron chi connectivity index (χ0n) is 9.10. The van der Waals surface area contributed by atoms with Gasteiger partial charge in [0.1, 0.15) is 11.6 Å². The zero-order valence-corrected chi connectivity index (χ0v) is 9.10. The molecule has 80 valence electrons. The molecular formula is C11H15N3O. The molecule has 1 heterocycles. The van der Waals surface area contributed by atoms with Gasteiger partial charge in [-0.15, -0.1) is 0 Å². The van der Waals surface area contributed by atoms with Crippen LogP contribution in [0, 0.1) is 11.3 Å². The van der Waals surface area contributed by atoms with E-state index in [1.807, 2.05) is 20.2 Å². The molecule has 0 aliphatic rings. The molecule has 0 saturated heterocycles. The van der Waals surface area contributed by atoms with Gasteiger partial charge in [0.05, 0.1) is 6.61 Å². The molecule has 15 heavy (non-hydrogen) atoms. The van der Waals surface area contributed by atoms with Crippen LogP contribution in [0.5, 0.6) is 5.88 Å². The van der Waals surface area contributed by atoms with Crippen LogP contribution in [0.1, 0.15) is 12.0 Å². The third kappa shape index (κ3) is 3.96. The summed E-state index contributed by atoms with van der Waals surface area (Å²) in [4.78, 5) is 6.10. The van der Waals surface area contributed by atoms with Crippen LogP contribution >= 0.6 is 0 Å². The monoisotopic (exact) mass is 205 g/mol. The van der Waals surface area contributed by atoms with Gasteiger partial charge in [-0.05, 0) is 32.6 Å². The lowest BCUT2D eigenvalue weighted by Gasteiger charge is -2.10. The molecule has 0 aliphatic heterocycles. The quantitative estimate of drug-likeness (QED) is 0.679. The van der Waals surface area contributed by atoms with Gasteiger partial charge in [0.25, 0.3) is 0 Å². The normalized spacial score (nSPS) is 10.0. The van der Waals surface area contributed by atoms with E-state index in [0.29, 0.717) is 18.1 Å². The highest BCUT2D eigenvalue weighted by molar-refractivity contribution is 5.36. The molecule has 0 fully saturated rings. The highest BCUT2D eigenvalue weighted by Gasteiger charge is 2.02. The van der Waals surface area contributed by atoms with Gasteiger partial charge in [-0.25, -0.2) is 4.98 Å². The van der Waals surface area contributed by atoms with Crippen LogP contribution in [-0.4, -0.2) is 37.1 Å². The van der Waals surface area contributed by atoms with Gasteiger partial charge in [-0.2, -0.15) is 5.26 Å². The lowest BCUT2D eigenvalue weighted by Crippen LogP contribution is -2.15. The first-order valence-electron chi connectivity index (χ1n) is 4.86. The fourth-order valence-corrected chi connectivity index (χ4v) is 1.14. The van der Waals surface area contributed by atoms with Crippen molar-refractivity contribution in [2.24, 2.45) is 0 Å². The Morgan fingerprint density at radius 1 is 1.53 bits per heavy atom. The van der Waals surface area contributed by atoms with E-state index in [0.717, 1.165) is 13.0 Å². The molecule has 0 unspecified atom stereocenters. The van der Waals surface area contributed by atoms with Crippen molar-refractivity contribution in [1.29, 1.82) is 5.26 Å². The predicted molar refractivity (Wildman–Crippen MR) is 57.6 cm³/mol. The summed E-state index contributed by atoms with van der Waals surface area (Å²) in [7, 11) is 4.03. The maximum Gasteiger partial charge on any atom is 0.231 e. The van der Waals surface area contributed by atoms with Gasteiger partial charge in [0, 0.05) is 12.7 Å². The van der Waals surface area contributed by atoms with Crippen molar-refractivity contribution >= 4 is 0 Å². The fourth-order valence-electron chi connectivity index (χ4n) is 1.14. The summed E-state index contributed by atoms with van der Waals surface area (Å²) >= 11 is 0. The third-order valence-electron chi connectivity index (χ3n) is 1.88. The number of nitriles is 1. The van der Waals surface area contributed by atoms with Crippen molar-refractivity contribution in [3.05, 3.63) is 23.9 Å². The standard InChI is InChI=1S/C11H15N3O/c1-14(2)7-4-8-15-11-10(9-12)5-3-6-13-11/h3,5-6H,4,7-8H2,1-2H3. The maximum atomic E-state index is 8.78. The summed E-state index contributed by atoms with van der Waals surface area (Å²) in [6.07, 6.45) is 2.55. The fraction of sp³-hybridized carbons (Fsp3) is 0.455. The van der Waals surface area contributed by atoms with Gasteiger partial charge in [-0.3, -0.25) is 0 Å². The third-order valence-corrected chi connectivity index (χ3v) is 1.88. The van der Waals surface area contributed by atoms with Gasteiger partial charge < -0.3 is 9.64 Å². The Bertz CT molecular complexity index is 344. The number of rotatable bonds is 5. The van der Waals surface area contributed by atoms with Crippen LogP contribution in [0.15, 0.2) is 18.3 Å². The van der Waals surface area contributed by atoms with E-state index < -0.39 is 0 Å². The predicted octanol–water partition coefficient (Wildman–Crippen LogP) is 1.28. The van der Waals surface area contributed by atoms with Gasteiger partial charge in [-0.1, -0.05) is 0 Å². The molecule has 0 aliphatic carbocycles. The van der Waals surface area contributed by atoms with E-state index >= 15 is 0 Å². The number of hydrogen-bond donors (Lipinski definition) is 0. The first-order chi connectivity index (χ1) is 7.24. The van der Waals surface area contributed by atoms with Crippen molar-refractivity contribution in [1.82, 2.24) is 9.88 Å². The van der Waals surface area contributed by atoms with Crippen molar-refractivity contribution in [2.75, 3.05) is 27.2 Å². The number of hydrogen-bond acceptors (Lipinski definition) is 4. The first kappa shape index (κ1) is 11.5. The zero-order chi connectivity index (χ0) is 11.1. The summed E-state index contributed by atoms with van der Waals surface area (Å²) in [6.45, 7) is 1.55. The molecule has 0 N–H and O–H groups in total. The molecular weight excluding hydrogens is 190 g/mol. The van der Waals surface area contributed by atoms with Gasteiger partial charge in [0.15, 0.2) is 0 Å². The highest BCUT2D eigenvalue weighted by Crippen LogP contribution is 2.12. The summed E-state index contributed by atoms with van der Waals surface area (Å²) in [5, 5.41) is 8.78. The Morgan fingerprint density at radius 2 is 2.33 bits per heavy atom. The lowest BCUT2D eigenvalue weighted by atomic mass is 10.3. The second kappa shape index (κ2) is 5.99. The molecule has 1 rings (SSSR count). The summed E-state index contributed by atoms with van der Waals surface area (Å²) in [6, 6.07) is 5.48. The van der Waals surface area contributed by atoms with Crippen LogP contribution in [0.4, 0.5) is 0 Å². The minimum atomic E-state index is 0.429. The minimum Gasteiger partial charge on any atom is -0.477 e. The van der Waals surface area contributed by atoms with Gasteiger partial charge in [0.2, 0.25) is 5.88 Å².